The summed E-state index contributed by atoms with van der Waals surface area (Å²) in [6, 6.07) is 7.86. The Morgan fingerprint density at radius 3 is 2.50 bits per heavy atom. The van der Waals surface area contributed by atoms with E-state index in [9.17, 15) is 0 Å². The van der Waals surface area contributed by atoms with Crippen LogP contribution >= 0.6 is 0 Å². The fraction of sp³-hybridized carbons (Fsp3) is 0.429. The third kappa shape index (κ3) is 4.37. The highest BCUT2D eigenvalue weighted by molar-refractivity contribution is 5.25. The number of rotatable bonds is 5. The van der Waals surface area contributed by atoms with Gasteiger partial charge in [-0.1, -0.05) is 18.1 Å². The molecule has 86 valence electrons. The molecule has 0 spiro atoms. The van der Waals surface area contributed by atoms with Gasteiger partial charge in [-0.2, -0.15) is 0 Å². The van der Waals surface area contributed by atoms with Crippen molar-refractivity contribution in [1.82, 2.24) is 5.32 Å². The standard InChI is InChI=1S/C14H19NO/c1-4-11(2)15-12(3)5-6-13-7-9-14(16)10-8-13/h1,7-12,15-16H,5-6H2,2-3H3. The van der Waals surface area contributed by atoms with Crippen molar-refractivity contribution in [3.63, 3.8) is 0 Å². The third-order valence-corrected chi connectivity index (χ3v) is 2.59. The molecule has 0 aliphatic rings. The molecule has 2 nitrogen and oxygen atoms in total. The van der Waals surface area contributed by atoms with Gasteiger partial charge in [-0.15, -0.1) is 6.42 Å². The van der Waals surface area contributed by atoms with Crippen molar-refractivity contribution in [2.45, 2.75) is 38.8 Å². The first-order chi connectivity index (χ1) is 7.61. The van der Waals surface area contributed by atoms with Gasteiger partial charge in [0.15, 0.2) is 0 Å². The summed E-state index contributed by atoms with van der Waals surface area (Å²) in [5.74, 6) is 2.97. The van der Waals surface area contributed by atoms with Crippen LogP contribution in [-0.2, 0) is 6.42 Å². The topological polar surface area (TPSA) is 32.3 Å². The Kier molecular flexibility index (Phi) is 4.88. The molecule has 0 saturated heterocycles. The summed E-state index contributed by atoms with van der Waals surface area (Å²) in [6.07, 6.45) is 7.33. The number of benzene rings is 1. The first-order valence-corrected chi connectivity index (χ1v) is 5.62. The number of hydrogen-bond acceptors (Lipinski definition) is 2. The average Bonchev–Trinajstić information content (AvgIpc) is 2.28. The fourth-order valence-corrected chi connectivity index (χ4v) is 1.60. The molecule has 0 aliphatic heterocycles. The van der Waals surface area contributed by atoms with Gasteiger partial charge in [0.1, 0.15) is 5.75 Å². The van der Waals surface area contributed by atoms with E-state index in [0.29, 0.717) is 11.8 Å². The lowest BCUT2D eigenvalue weighted by molar-refractivity contribution is 0.474. The van der Waals surface area contributed by atoms with Crippen LogP contribution in [0.4, 0.5) is 0 Å². The maximum absolute atomic E-state index is 9.15. The van der Waals surface area contributed by atoms with Gasteiger partial charge in [0.05, 0.1) is 6.04 Å². The van der Waals surface area contributed by atoms with Crippen LogP contribution in [0.2, 0.25) is 0 Å². The van der Waals surface area contributed by atoms with Crippen molar-refractivity contribution in [3.8, 4) is 18.1 Å². The van der Waals surface area contributed by atoms with Crippen LogP contribution in [0.1, 0.15) is 25.8 Å². The van der Waals surface area contributed by atoms with E-state index in [-0.39, 0.29) is 6.04 Å². The van der Waals surface area contributed by atoms with E-state index < -0.39 is 0 Å². The van der Waals surface area contributed by atoms with Gasteiger partial charge in [0, 0.05) is 6.04 Å². The molecule has 16 heavy (non-hydrogen) atoms. The van der Waals surface area contributed by atoms with Crippen LogP contribution in [0.15, 0.2) is 24.3 Å². The quantitative estimate of drug-likeness (QED) is 0.742. The van der Waals surface area contributed by atoms with Crippen molar-refractivity contribution in [2.75, 3.05) is 0 Å². The molecule has 0 aliphatic carbocycles. The molecule has 0 saturated carbocycles. The second-order valence-corrected chi connectivity index (χ2v) is 4.16. The van der Waals surface area contributed by atoms with E-state index in [4.69, 9.17) is 11.5 Å². The molecular weight excluding hydrogens is 198 g/mol. The molecule has 0 bridgehead atoms. The minimum Gasteiger partial charge on any atom is -0.508 e. The summed E-state index contributed by atoms with van der Waals surface area (Å²) in [4.78, 5) is 0. The van der Waals surface area contributed by atoms with Gasteiger partial charge >= 0.3 is 0 Å². The number of phenolic OH excluding ortho intramolecular Hbond substituents is 1. The third-order valence-electron chi connectivity index (χ3n) is 2.59. The number of hydrogen-bond donors (Lipinski definition) is 2. The normalized spacial score (nSPS) is 14.1. The highest BCUT2D eigenvalue weighted by Crippen LogP contribution is 2.11. The highest BCUT2D eigenvalue weighted by atomic mass is 16.3. The molecule has 2 heteroatoms. The molecule has 2 atom stereocenters. The van der Waals surface area contributed by atoms with Crippen molar-refractivity contribution < 1.29 is 5.11 Å². The minimum atomic E-state index is 0.120. The predicted octanol–water partition coefficient (Wildman–Crippen LogP) is 2.32. The SMILES string of the molecule is C#CC(C)NC(C)CCc1ccc(O)cc1. The molecule has 1 aromatic carbocycles. The molecule has 0 radical (unpaired) electrons. The highest BCUT2D eigenvalue weighted by Gasteiger charge is 2.04. The van der Waals surface area contributed by atoms with Crippen LogP contribution in [-0.4, -0.2) is 17.2 Å². The van der Waals surface area contributed by atoms with Gasteiger partial charge in [-0.25, -0.2) is 0 Å². The maximum atomic E-state index is 9.15. The number of aryl methyl sites for hydroxylation is 1. The van der Waals surface area contributed by atoms with Crippen LogP contribution in [0.3, 0.4) is 0 Å². The lowest BCUT2D eigenvalue weighted by atomic mass is 10.1. The number of aromatic hydroxyl groups is 1. The van der Waals surface area contributed by atoms with Crippen LogP contribution < -0.4 is 5.32 Å². The van der Waals surface area contributed by atoms with E-state index in [1.54, 1.807) is 12.1 Å². The van der Waals surface area contributed by atoms with Crippen LogP contribution in [0, 0.1) is 12.3 Å². The second kappa shape index (κ2) is 6.19. The van der Waals surface area contributed by atoms with E-state index in [2.05, 4.69) is 18.2 Å². The number of terminal acetylenes is 1. The zero-order valence-electron chi connectivity index (χ0n) is 9.90. The molecule has 0 aromatic heterocycles. The average molecular weight is 217 g/mol. The molecule has 0 heterocycles. The summed E-state index contributed by atoms with van der Waals surface area (Å²) >= 11 is 0. The van der Waals surface area contributed by atoms with Crippen molar-refractivity contribution in [3.05, 3.63) is 29.8 Å². The largest absolute Gasteiger partial charge is 0.508 e. The molecule has 0 amide bonds. The summed E-state index contributed by atoms with van der Waals surface area (Å²) in [7, 11) is 0. The Labute approximate surface area is 97.7 Å². The minimum absolute atomic E-state index is 0.120. The van der Waals surface area contributed by atoms with Gasteiger partial charge in [0.25, 0.3) is 0 Å². The summed E-state index contributed by atoms with van der Waals surface area (Å²) in [6.45, 7) is 4.12. The van der Waals surface area contributed by atoms with E-state index >= 15 is 0 Å². The molecule has 1 aromatic rings. The molecule has 0 fully saturated rings. The number of phenols is 1. The second-order valence-electron chi connectivity index (χ2n) is 4.16. The molecular formula is C14H19NO. The monoisotopic (exact) mass is 217 g/mol. The molecule has 2 N–H and O–H groups in total. The van der Waals surface area contributed by atoms with Gasteiger partial charge < -0.3 is 10.4 Å². The van der Waals surface area contributed by atoms with Crippen LogP contribution in [0.5, 0.6) is 5.75 Å². The zero-order valence-corrected chi connectivity index (χ0v) is 9.90. The number of nitrogens with one attached hydrogen (secondary N) is 1. The molecule has 2 unspecified atom stereocenters. The van der Waals surface area contributed by atoms with E-state index in [0.717, 1.165) is 12.8 Å². The Morgan fingerprint density at radius 1 is 1.31 bits per heavy atom. The first-order valence-electron chi connectivity index (χ1n) is 5.62. The smallest absolute Gasteiger partial charge is 0.115 e. The summed E-state index contributed by atoms with van der Waals surface area (Å²) in [5.41, 5.74) is 1.24. The van der Waals surface area contributed by atoms with Gasteiger partial charge in [0.2, 0.25) is 0 Å². The van der Waals surface area contributed by atoms with Gasteiger partial charge in [-0.05, 0) is 44.4 Å². The van der Waals surface area contributed by atoms with Crippen molar-refractivity contribution in [1.29, 1.82) is 0 Å². The lowest BCUT2D eigenvalue weighted by Gasteiger charge is -2.16. The van der Waals surface area contributed by atoms with Crippen molar-refractivity contribution >= 4 is 0 Å². The lowest BCUT2D eigenvalue weighted by Crippen LogP contribution is -2.33. The Bertz CT molecular complexity index is 350. The van der Waals surface area contributed by atoms with E-state index in [1.807, 2.05) is 19.1 Å². The summed E-state index contributed by atoms with van der Waals surface area (Å²) < 4.78 is 0. The maximum Gasteiger partial charge on any atom is 0.115 e. The fourth-order valence-electron chi connectivity index (χ4n) is 1.60. The van der Waals surface area contributed by atoms with Crippen molar-refractivity contribution in [2.24, 2.45) is 0 Å². The molecule has 1 rings (SSSR count). The predicted molar refractivity (Wildman–Crippen MR) is 67.3 cm³/mol. The Hall–Kier alpha value is -1.46. The Morgan fingerprint density at radius 2 is 1.94 bits per heavy atom. The summed E-state index contributed by atoms with van der Waals surface area (Å²) in [5, 5.41) is 12.5. The van der Waals surface area contributed by atoms with Gasteiger partial charge in [-0.3, -0.25) is 0 Å². The zero-order chi connectivity index (χ0) is 12.0. The Balaban J connectivity index is 2.34. The van der Waals surface area contributed by atoms with Crippen LogP contribution in [0.25, 0.3) is 0 Å². The van der Waals surface area contributed by atoms with E-state index in [1.165, 1.54) is 5.56 Å². The first kappa shape index (κ1) is 12.6.